The number of hydrogen-bond acceptors (Lipinski definition) is 4. The van der Waals surface area contributed by atoms with Crippen LogP contribution in [0.2, 0.25) is 0 Å². The second-order valence-electron chi connectivity index (χ2n) is 9.53. The van der Waals surface area contributed by atoms with Crippen LogP contribution in [-0.2, 0) is 11.3 Å². The van der Waals surface area contributed by atoms with Crippen molar-refractivity contribution in [3.05, 3.63) is 59.9 Å². The number of carbonyl (C=O) groups is 2. The molecule has 0 saturated heterocycles. The second kappa shape index (κ2) is 11.2. The molecule has 3 rings (SSSR count). The van der Waals surface area contributed by atoms with Crippen LogP contribution in [0.1, 0.15) is 56.8 Å². The van der Waals surface area contributed by atoms with E-state index >= 15 is 0 Å². The zero-order valence-corrected chi connectivity index (χ0v) is 21.0. The summed E-state index contributed by atoms with van der Waals surface area (Å²) in [6, 6.07) is 14.4. The number of rotatable bonds is 10. The van der Waals surface area contributed by atoms with Gasteiger partial charge in [-0.2, -0.15) is 0 Å². The molecule has 2 aromatic carbocycles. The minimum atomic E-state index is -0.416. The Kier molecular flexibility index (Phi) is 8.31. The molecule has 0 aliphatic carbocycles. The third-order valence-corrected chi connectivity index (χ3v) is 5.59. The van der Waals surface area contributed by atoms with Crippen LogP contribution in [-0.4, -0.2) is 46.5 Å². The van der Waals surface area contributed by atoms with E-state index in [0.29, 0.717) is 42.1 Å². The molecule has 7 nitrogen and oxygen atoms in total. The fourth-order valence-electron chi connectivity index (χ4n) is 4.16. The summed E-state index contributed by atoms with van der Waals surface area (Å²) >= 11 is 0. The summed E-state index contributed by atoms with van der Waals surface area (Å²) < 4.78 is 7.26. The van der Waals surface area contributed by atoms with Gasteiger partial charge in [0, 0.05) is 13.1 Å². The molecule has 0 bridgehead atoms. The van der Waals surface area contributed by atoms with Crippen LogP contribution in [0.5, 0.6) is 5.75 Å². The Morgan fingerprint density at radius 1 is 0.971 bits per heavy atom. The Bertz CT molecular complexity index is 1130. The first kappa shape index (κ1) is 25.3. The summed E-state index contributed by atoms with van der Waals surface area (Å²) in [5.41, 5.74) is 2.12. The van der Waals surface area contributed by atoms with Crippen molar-refractivity contribution in [2.45, 2.75) is 47.2 Å². The summed E-state index contributed by atoms with van der Waals surface area (Å²) in [4.78, 5) is 33.1. The SMILES string of the molecule is COc1ccccc1C(=O)NC(C)c1nc2ccccc2n1CC(=O)N(CC(C)C)CC(C)C. The quantitative estimate of drug-likeness (QED) is 0.473. The van der Waals surface area contributed by atoms with Gasteiger partial charge in [0.2, 0.25) is 5.91 Å². The number of fused-ring (bicyclic) bond motifs is 1. The van der Waals surface area contributed by atoms with Gasteiger partial charge in [0.15, 0.2) is 0 Å². The molecule has 0 saturated carbocycles. The first-order valence-electron chi connectivity index (χ1n) is 11.9. The number of imidazole rings is 1. The molecule has 182 valence electrons. The maximum Gasteiger partial charge on any atom is 0.255 e. The molecule has 1 N–H and O–H groups in total. The van der Waals surface area contributed by atoms with E-state index in [1.165, 1.54) is 0 Å². The minimum absolute atomic E-state index is 0.0510. The zero-order chi connectivity index (χ0) is 24.8. The number of para-hydroxylation sites is 3. The third kappa shape index (κ3) is 5.95. The highest BCUT2D eigenvalue weighted by molar-refractivity contribution is 5.97. The van der Waals surface area contributed by atoms with Crippen molar-refractivity contribution in [2.75, 3.05) is 20.2 Å². The molecule has 2 amide bonds. The molecule has 0 radical (unpaired) electrons. The Hall–Kier alpha value is -3.35. The lowest BCUT2D eigenvalue weighted by Crippen LogP contribution is -2.39. The molecule has 34 heavy (non-hydrogen) atoms. The van der Waals surface area contributed by atoms with E-state index in [-0.39, 0.29) is 18.4 Å². The van der Waals surface area contributed by atoms with Gasteiger partial charge in [0.1, 0.15) is 18.1 Å². The number of methoxy groups -OCH3 is 1. The first-order chi connectivity index (χ1) is 16.2. The molecule has 3 aromatic rings. The van der Waals surface area contributed by atoms with Crippen molar-refractivity contribution >= 4 is 22.8 Å². The minimum Gasteiger partial charge on any atom is -0.496 e. The number of aromatic nitrogens is 2. The van der Waals surface area contributed by atoms with E-state index in [2.05, 4.69) is 33.0 Å². The predicted molar refractivity (Wildman–Crippen MR) is 135 cm³/mol. The third-order valence-electron chi connectivity index (χ3n) is 5.59. The lowest BCUT2D eigenvalue weighted by molar-refractivity contribution is -0.132. The number of nitrogens with one attached hydrogen (secondary N) is 1. The van der Waals surface area contributed by atoms with Gasteiger partial charge < -0.3 is 19.5 Å². The lowest BCUT2D eigenvalue weighted by Gasteiger charge is -2.27. The standard InChI is InChI=1S/C27H36N4O3/c1-18(2)15-30(16-19(3)4)25(32)17-31-23-13-9-8-12-22(23)29-26(31)20(5)28-27(33)21-11-7-10-14-24(21)34-6/h7-14,18-20H,15-17H2,1-6H3,(H,28,33). The van der Waals surface area contributed by atoms with Crippen molar-refractivity contribution in [2.24, 2.45) is 11.8 Å². The summed E-state index contributed by atoms with van der Waals surface area (Å²) in [6.45, 7) is 11.9. The molecule has 0 spiro atoms. The Balaban J connectivity index is 1.91. The average molecular weight is 465 g/mol. The van der Waals surface area contributed by atoms with Crippen LogP contribution < -0.4 is 10.1 Å². The van der Waals surface area contributed by atoms with Gasteiger partial charge >= 0.3 is 0 Å². The molecule has 7 heteroatoms. The molecular formula is C27H36N4O3. The van der Waals surface area contributed by atoms with Gasteiger partial charge in [-0.05, 0) is 43.0 Å². The second-order valence-corrected chi connectivity index (χ2v) is 9.53. The van der Waals surface area contributed by atoms with Crippen molar-refractivity contribution in [1.82, 2.24) is 19.8 Å². The normalized spacial score (nSPS) is 12.2. The van der Waals surface area contributed by atoms with Crippen molar-refractivity contribution in [1.29, 1.82) is 0 Å². The molecule has 1 atom stereocenters. The van der Waals surface area contributed by atoms with E-state index in [9.17, 15) is 9.59 Å². The molecule has 1 aromatic heterocycles. The van der Waals surface area contributed by atoms with Gasteiger partial charge in [0.25, 0.3) is 5.91 Å². The fraction of sp³-hybridized carbons (Fsp3) is 0.444. The molecule has 0 aliphatic heterocycles. The number of amides is 2. The summed E-state index contributed by atoms with van der Waals surface area (Å²) in [6.07, 6.45) is 0. The van der Waals surface area contributed by atoms with Crippen LogP contribution in [0.15, 0.2) is 48.5 Å². The van der Waals surface area contributed by atoms with E-state index < -0.39 is 6.04 Å². The molecule has 1 heterocycles. The Morgan fingerprint density at radius 2 is 1.59 bits per heavy atom. The Labute approximate surface area is 202 Å². The van der Waals surface area contributed by atoms with Crippen LogP contribution in [0.4, 0.5) is 0 Å². The van der Waals surface area contributed by atoms with Gasteiger partial charge in [-0.25, -0.2) is 4.98 Å². The largest absolute Gasteiger partial charge is 0.496 e. The average Bonchev–Trinajstić information content (AvgIpc) is 3.16. The Morgan fingerprint density at radius 3 is 2.24 bits per heavy atom. The van der Waals surface area contributed by atoms with Gasteiger partial charge in [0.05, 0.1) is 29.7 Å². The van der Waals surface area contributed by atoms with Crippen molar-refractivity contribution in [3.63, 3.8) is 0 Å². The number of ether oxygens (including phenoxy) is 1. The van der Waals surface area contributed by atoms with Crippen molar-refractivity contribution in [3.8, 4) is 5.75 Å². The molecule has 0 fully saturated rings. The van der Waals surface area contributed by atoms with E-state index in [1.54, 1.807) is 25.3 Å². The van der Waals surface area contributed by atoms with Crippen LogP contribution >= 0.6 is 0 Å². The number of carbonyl (C=O) groups excluding carboxylic acids is 2. The van der Waals surface area contributed by atoms with Gasteiger partial charge in [-0.3, -0.25) is 9.59 Å². The van der Waals surface area contributed by atoms with Crippen molar-refractivity contribution < 1.29 is 14.3 Å². The topological polar surface area (TPSA) is 76.5 Å². The monoisotopic (exact) mass is 464 g/mol. The van der Waals surface area contributed by atoms with Crippen LogP contribution in [0.3, 0.4) is 0 Å². The number of benzene rings is 2. The predicted octanol–water partition coefficient (Wildman–Crippen LogP) is 4.68. The molecular weight excluding hydrogens is 428 g/mol. The van der Waals surface area contributed by atoms with Gasteiger partial charge in [-0.1, -0.05) is 52.0 Å². The highest BCUT2D eigenvalue weighted by Gasteiger charge is 2.24. The maximum atomic E-state index is 13.4. The first-order valence-corrected chi connectivity index (χ1v) is 11.9. The highest BCUT2D eigenvalue weighted by Crippen LogP contribution is 2.23. The number of nitrogens with zero attached hydrogens (tertiary/aromatic N) is 3. The fourth-order valence-corrected chi connectivity index (χ4v) is 4.16. The number of hydrogen-bond donors (Lipinski definition) is 1. The van der Waals surface area contributed by atoms with E-state index in [1.807, 2.05) is 46.7 Å². The lowest BCUT2D eigenvalue weighted by atomic mass is 10.1. The summed E-state index contributed by atoms with van der Waals surface area (Å²) in [5.74, 6) is 1.70. The van der Waals surface area contributed by atoms with E-state index in [0.717, 1.165) is 11.0 Å². The van der Waals surface area contributed by atoms with Crippen LogP contribution in [0.25, 0.3) is 11.0 Å². The summed E-state index contributed by atoms with van der Waals surface area (Å²) in [5, 5.41) is 3.03. The van der Waals surface area contributed by atoms with Crippen LogP contribution in [0, 0.1) is 11.8 Å². The molecule has 1 unspecified atom stereocenters. The maximum absolute atomic E-state index is 13.4. The zero-order valence-electron chi connectivity index (χ0n) is 21.0. The van der Waals surface area contributed by atoms with E-state index in [4.69, 9.17) is 9.72 Å². The summed E-state index contributed by atoms with van der Waals surface area (Å²) in [7, 11) is 1.54. The van der Waals surface area contributed by atoms with Gasteiger partial charge in [-0.15, -0.1) is 0 Å². The highest BCUT2D eigenvalue weighted by atomic mass is 16.5. The molecule has 0 aliphatic rings. The smallest absolute Gasteiger partial charge is 0.255 e.